The number of rotatable bonds is 5. The van der Waals surface area contributed by atoms with E-state index in [0.717, 1.165) is 44.8 Å². The molecule has 0 spiro atoms. The SMILES string of the molecule is CCc1ccc(NC(=O)CN2CCN(CC)CC2)cc1. The molecule has 1 fully saturated rings. The smallest absolute Gasteiger partial charge is 0.238 e. The van der Waals surface area contributed by atoms with Crippen molar-refractivity contribution in [3.05, 3.63) is 29.8 Å². The van der Waals surface area contributed by atoms with Gasteiger partial charge in [0.25, 0.3) is 0 Å². The fourth-order valence-electron chi connectivity index (χ4n) is 2.49. The maximum Gasteiger partial charge on any atom is 0.238 e. The van der Waals surface area contributed by atoms with Crippen LogP contribution in [0, 0.1) is 0 Å². The monoisotopic (exact) mass is 275 g/mol. The molecule has 20 heavy (non-hydrogen) atoms. The molecule has 1 heterocycles. The van der Waals surface area contributed by atoms with Crippen LogP contribution in [0.3, 0.4) is 0 Å². The number of likely N-dealkylation sites (N-methyl/N-ethyl adjacent to an activating group) is 1. The lowest BCUT2D eigenvalue weighted by Gasteiger charge is -2.33. The lowest BCUT2D eigenvalue weighted by Crippen LogP contribution is -2.48. The molecule has 1 saturated heterocycles. The van der Waals surface area contributed by atoms with Crippen molar-refractivity contribution < 1.29 is 4.79 Å². The predicted molar refractivity (Wildman–Crippen MR) is 83.0 cm³/mol. The van der Waals surface area contributed by atoms with Gasteiger partial charge >= 0.3 is 0 Å². The summed E-state index contributed by atoms with van der Waals surface area (Å²) in [4.78, 5) is 16.7. The number of carbonyl (C=O) groups is 1. The highest BCUT2D eigenvalue weighted by atomic mass is 16.2. The number of nitrogens with one attached hydrogen (secondary N) is 1. The number of hydrogen-bond donors (Lipinski definition) is 1. The number of hydrogen-bond acceptors (Lipinski definition) is 3. The van der Waals surface area contributed by atoms with Gasteiger partial charge in [0.1, 0.15) is 0 Å². The molecule has 110 valence electrons. The summed E-state index contributed by atoms with van der Waals surface area (Å²) in [5.74, 6) is 0.0826. The fourth-order valence-corrected chi connectivity index (χ4v) is 2.49. The van der Waals surface area contributed by atoms with Crippen molar-refractivity contribution in [1.82, 2.24) is 9.80 Å². The molecule has 4 nitrogen and oxygen atoms in total. The lowest BCUT2D eigenvalue weighted by molar-refractivity contribution is -0.117. The molecule has 1 aromatic rings. The summed E-state index contributed by atoms with van der Waals surface area (Å²) >= 11 is 0. The molecule has 4 heteroatoms. The third-order valence-corrected chi connectivity index (χ3v) is 3.93. The van der Waals surface area contributed by atoms with Gasteiger partial charge in [-0.15, -0.1) is 0 Å². The topological polar surface area (TPSA) is 35.6 Å². The molecular weight excluding hydrogens is 250 g/mol. The van der Waals surface area contributed by atoms with E-state index in [4.69, 9.17) is 0 Å². The van der Waals surface area contributed by atoms with E-state index in [0.29, 0.717) is 6.54 Å². The molecule has 1 amide bonds. The Hall–Kier alpha value is -1.39. The van der Waals surface area contributed by atoms with Crippen LogP contribution in [0.4, 0.5) is 5.69 Å². The van der Waals surface area contributed by atoms with Gasteiger partial charge in [-0.3, -0.25) is 9.69 Å². The highest BCUT2D eigenvalue weighted by Gasteiger charge is 2.17. The Kier molecular flexibility index (Phi) is 5.56. The van der Waals surface area contributed by atoms with E-state index in [1.807, 2.05) is 12.1 Å². The number of aryl methyl sites for hydroxylation is 1. The minimum absolute atomic E-state index is 0.0826. The number of anilines is 1. The first kappa shape index (κ1) is 15.0. The van der Waals surface area contributed by atoms with Crippen molar-refractivity contribution in [2.75, 3.05) is 44.6 Å². The zero-order chi connectivity index (χ0) is 14.4. The second kappa shape index (κ2) is 7.41. The summed E-state index contributed by atoms with van der Waals surface area (Å²) in [6.07, 6.45) is 1.02. The highest BCUT2D eigenvalue weighted by molar-refractivity contribution is 5.92. The summed E-state index contributed by atoms with van der Waals surface area (Å²) in [6, 6.07) is 8.09. The number of piperazine rings is 1. The number of benzene rings is 1. The maximum atomic E-state index is 12.0. The minimum atomic E-state index is 0.0826. The maximum absolute atomic E-state index is 12.0. The summed E-state index contributed by atoms with van der Waals surface area (Å²) in [5, 5.41) is 2.97. The summed E-state index contributed by atoms with van der Waals surface area (Å²) < 4.78 is 0. The van der Waals surface area contributed by atoms with Gasteiger partial charge in [0.2, 0.25) is 5.91 Å². The first-order valence-electron chi connectivity index (χ1n) is 7.54. The largest absolute Gasteiger partial charge is 0.325 e. The lowest BCUT2D eigenvalue weighted by atomic mass is 10.1. The molecule has 1 aliphatic heterocycles. The van der Waals surface area contributed by atoms with E-state index >= 15 is 0 Å². The molecule has 0 bridgehead atoms. The first-order chi connectivity index (χ1) is 9.71. The Morgan fingerprint density at radius 1 is 1.05 bits per heavy atom. The molecule has 1 aliphatic rings. The van der Waals surface area contributed by atoms with Gasteiger partial charge in [0, 0.05) is 31.9 Å². The van der Waals surface area contributed by atoms with Gasteiger partial charge < -0.3 is 10.2 Å². The zero-order valence-electron chi connectivity index (χ0n) is 12.6. The average Bonchev–Trinajstić information content (AvgIpc) is 2.49. The Balaban J connectivity index is 1.77. The standard InChI is InChI=1S/C16H25N3O/c1-3-14-5-7-15(8-6-14)17-16(20)13-19-11-9-18(4-2)10-12-19/h5-8H,3-4,9-13H2,1-2H3,(H,17,20). The van der Waals surface area contributed by atoms with Crippen LogP contribution in [0.2, 0.25) is 0 Å². The van der Waals surface area contributed by atoms with Crippen LogP contribution in [0.15, 0.2) is 24.3 Å². The van der Waals surface area contributed by atoms with Crippen LogP contribution in [-0.2, 0) is 11.2 Å². The van der Waals surface area contributed by atoms with Gasteiger partial charge in [-0.25, -0.2) is 0 Å². The average molecular weight is 275 g/mol. The molecule has 0 unspecified atom stereocenters. The summed E-state index contributed by atoms with van der Waals surface area (Å²) in [5.41, 5.74) is 2.18. The minimum Gasteiger partial charge on any atom is -0.325 e. The number of nitrogens with zero attached hydrogens (tertiary/aromatic N) is 2. The van der Waals surface area contributed by atoms with E-state index in [1.54, 1.807) is 0 Å². The van der Waals surface area contributed by atoms with E-state index in [1.165, 1.54) is 5.56 Å². The molecule has 2 rings (SSSR count). The van der Waals surface area contributed by atoms with E-state index < -0.39 is 0 Å². The van der Waals surface area contributed by atoms with E-state index in [9.17, 15) is 4.79 Å². The van der Waals surface area contributed by atoms with Gasteiger partial charge in [-0.1, -0.05) is 26.0 Å². The second-order valence-corrected chi connectivity index (χ2v) is 5.31. The third kappa shape index (κ3) is 4.32. The quantitative estimate of drug-likeness (QED) is 0.890. The molecule has 0 aromatic heterocycles. The van der Waals surface area contributed by atoms with Crippen molar-refractivity contribution in [1.29, 1.82) is 0 Å². The van der Waals surface area contributed by atoms with Crippen molar-refractivity contribution in [3.63, 3.8) is 0 Å². The van der Waals surface area contributed by atoms with Crippen LogP contribution >= 0.6 is 0 Å². The molecule has 0 atom stereocenters. The van der Waals surface area contributed by atoms with Crippen LogP contribution in [0.25, 0.3) is 0 Å². The highest BCUT2D eigenvalue weighted by Crippen LogP contribution is 2.10. The summed E-state index contributed by atoms with van der Waals surface area (Å²) in [7, 11) is 0. The van der Waals surface area contributed by atoms with Crippen molar-refractivity contribution in [3.8, 4) is 0 Å². The van der Waals surface area contributed by atoms with Gasteiger partial charge in [-0.05, 0) is 30.7 Å². The number of carbonyl (C=O) groups excluding carboxylic acids is 1. The fraction of sp³-hybridized carbons (Fsp3) is 0.562. The molecule has 0 saturated carbocycles. The van der Waals surface area contributed by atoms with Crippen LogP contribution < -0.4 is 5.32 Å². The van der Waals surface area contributed by atoms with E-state index in [-0.39, 0.29) is 5.91 Å². The molecule has 0 aliphatic carbocycles. The van der Waals surface area contributed by atoms with Gasteiger partial charge in [0.05, 0.1) is 6.54 Å². The Morgan fingerprint density at radius 3 is 2.20 bits per heavy atom. The van der Waals surface area contributed by atoms with Crippen LogP contribution in [-0.4, -0.2) is 55.0 Å². The van der Waals surface area contributed by atoms with Gasteiger partial charge in [0.15, 0.2) is 0 Å². The van der Waals surface area contributed by atoms with Crippen molar-refractivity contribution in [2.45, 2.75) is 20.3 Å². The second-order valence-electron chi connectivity index (χ2n) is 5.31. The predicted octanol–water partition coefficient (Wildman–Crippen LogP) is 1.82. The molecular formula is C16H25N3O. The number of amides is 1. The molecule has 0 radical (unpaired) electrons. The normalized spacial score (nSPS) is 17.1. The molecule has 1 aromatic carbocycles. The van der Waals surface area contributed by atoms with Crippen molar-refractivity contribution >= 4 is 11.6 Å². The Morgan fingerprint density at radius 2 is 1.65 bits per heavy atom. The van der Waals surface area contributed by atoms with Gasteiger partial charge in [-0.2, -0.15) is 0 Å². The van der Waals surface area contributed by atoms with Crippen LogP contribution in [0.5, 0.6) is 0 Å². The first-order valence-corrected chi connectivity index (χ1v) is 7.54. The Bertz CT molecular complexity index is 422. The zero-order valence-corrected chi connectivity index (χ0v) is 12.6. The Labute approximate surface area is 121 Å². The third-order valence-electron chi connectivity index (χ3n) is 3.93. The van der Waals surface area contributed by atoms with E-state index in [2.05, 4.69) is 41.1 Å². The molecule has 1 N–H and O–H groups in total. The van der Waals surface area contributed by atoms with Crippen LogP contribution in [0.1, 0.15) is 19.4 Å². The van der Waals surface area contributed by atoms with Crippen molar-refractivity contribution in [2.24, 2.45) is 0 Å². The summed E-state index contributed by atoms with van der Waals surface area (Å²) in [6.45, 7) is 10.00.